The molecule has 4 aromatic heterocycles. The number of benzene rings is 1. The third kappa shape index (κ3) is 4.99. The van der Waals surface area contributed by atoms with E-state index in [0.29, 0.717) is 12.2 Å². The van der Waals surface area contributed by atoms with Crippen molar-refractivity contribution in [1.29, 1.82) is 0 Å². The molecule has 1 N–H and O–H groups in total. The monoisotopic (exact) mass is 537 g/mol. The van der Waals surface area contributed by atoms with Gasteiger partial charge in [-0.2, -0.15) is 5.10 Å². The predicted octanol–water partition coefficient (Wildman–Crippen LogP) is 5.44. The van der Waals surface area contributed by atoms with Crippen molar-refractivity contribution in [3.05, 3.63) is 83.7 Å². The third-order valence-electron chi connectivity index (χ3n) is 6.66. The van der Waals surface area contributed by atoms with Crippen LogP contribution in [0.1, 0.15) is 40.4 Å². The number of nitrogens with one attached hydrogen (secondary N) is 1. The normalized spacial score (nSPS) is 13.0. The van der Waals surface area contributed by atoms with Gasteiger partial charge < -0.3 is 10.2 Å². The molecule has 0 radical (unpaired) electrons. The molecule has 5 heterocycles. The van der Waals surface area contributed by atoms with Crippen molar-refractivity contribution in [3.8, 4) is 0 Å². The number of hydrogen-bond acceptors (Lipinski definition) is 5. The van der Waals surface area contributed by atoms with E-state index in [2.05, 4.69) is 32.3 Å². The summed E-state index contributed by atoms with van der Waals surface area (Å²) < 4.78 is 3.78. The maximum Gasteiger partial charge on any atom is 0.274 e. The fraction of sp³-hybridized carbons (Fsp3) is 0.259. The van der Waals surface area contributed by atoms with Gasteiger partial charge in [0, 0.05) is 42.1 Å². The van der Waals surface area contributed by atoms with Gasteiger partial charge in [0.25, 0.3) is 5.91 Å². The molecule has 0 unspecified atom stereocenters. The Kier molecular flexibility index (Phi) is 7.71. The van der Waals surface area contributed by atoms with Crippen LogP contribution in [0.2, 0.25) is 0 Å². The molecular weight excluding hydrogens is 509 g/mol. The lowest BCUT2D eigenvalue weighted by atomic mass is 10.1. The van der Waals surface area contributed by atoms with Crippen LogP contribution in [0.25, 0.3) is 16.6 Å². The Hall–Kier alpha value is -3.62. The van der Waals surface area contributed by atoms with E-state index >= 15 is 0 Å². The maximum atomic E-state index is 13.3. The predicted molar refractivity (Wildman–Crippen MR) is 152 cm³/mol. The highest BCUT2D eigenvalue weighted by Crippen LogP contribution is 2.28. The van der Waals surface area contributed by atoms with Crippen LogP contribution < -0.4 is 10.2 Å². The van der Waals surface area contributed by atoms with Gasteiger partial charge in [0.1, 0.15) is 11.3 Å². The molecule has 1 saturated heterocycles. The fourth-order valence-electron chi connectivity index (χ4n) is 4.98. The van der Waals surface area contributed by atoms with Crippen LogP contribution in [0.15, 0.2) is 60.9 Å². The molecule has 1 aliphatic heterocycles. The molecule has 37 heavy (non-hydrogen) atoms. The number of aryl methyl sites for hydroxylation is 2. The highest BCUT2D eigenvalue weighted by molar-refractivity contribution is 6.08. The Morgan fingerprint density at radius 3 is 2.59 bits per heavy atom. The van der Waals surface area contributed by atoms with E-state index in [1.165, 1.54) is 12.8 Å². The molecule has 1 amide bonds. The van der Waals surface area contributed by atoms with E-state index in [4.69, 9.17) is 5.10 Å². The first-order chi connectivity index (χ1) is 17.1. The number of aromatic nitrogens is 5. The van der Waals surface area contributed by atoms with Crippen molar-refractivity contribution in [3.63, 3.8) is 0 Å². The van der Waals surface area contributed by atoms with Gasteiger partial charge in [-0.15, -0.1) is 24.8 Å². The number of hydrogen-bond donors (Lipinski definition) is 1. The van der Waals surface area contributed by atoms with Gasteiger partial charge in [0.15, 0.2) is 0 Å². The zero-order valence-electron chi connectivity index (χ0n) is 20.7. The summed E-state index contributed by atoms with van der Waals surface area (Å²) in [4.78, 5) is 24.8. The largest absolute Gasteiger partial charge is 0.371 e. The summed E-state index contributed by atoms with van der Waals surface area (Å²) in [5, 5.41) is 8.77. The molecule has 1 fully saturated rings. The summed E-state index contributed by atoms with van der Waals surface area (Å²) in [6.45, 7) is 6.65. The Morgan fingerprint density at radius 2 is 1.81 bits per heavy atom. The quantitative estimate of drug-likeness (QED) is 0.322. The van der Waals surface area contributed by atoms with Crippen molar-refractivity contribution in [2.24, 2.45) is 0 Å². The topological polar surface area (TPSA) is 80.4 Å². The number of halogens is 2. The minimum Gasteiger partial charge on any atom is -0.371 e. The van der Waals surface area contributed by atoms with Crippen LogP contribution in [-0.2, 0) is 6.54 Å². The number of carbonyl (C=O) groups excluding carboxylic acids is 1. The molecule has 6 rings (SSSR count). The first kappa shape index (κ1) is 26.4. The number of imidazole rings is 1. The number of fused-ring (bicyclic) bond motifs is 2. The second-order valence-corrected chi connectivity index (χ2v) is 9.12. The molecule has 1 aliphatic rings. The summed E-state index contributed by atoms with van der Waals surface area (Å²) in [7, 11) is 0. The SMILES string of the molecule is Cc1cccc(Cn2nc(C)c3c(NC(=O)c4cnc5cc(N6CCCC6)ccn45)cccc32)n1.Cl.Cl. The summed E-state index contributed by atoms with van der Waals surface area (Å²) in [6, 6.07) is 16.0. The molecule has 1 aromatic carbocycles. The van der Waals surface area contributed by atoms with Crippen molar-refractivity contribution < 1.29 is 4.79 Å². The number of anilines is 2. The first-order valence-electron chi connectivity index (χ1n) is 12.0. The van der Waals surface area contributed by atoms with Crippen molar-refractivity contribution in [2.75, 3.05) is 23.3 Å². The van der Waals surface area contributed by atoms with Gasteiger partial charge >= 0.3 is 0 Å². The minimum atomic E-state index is -0.202. The van der Waals surface area contributed by atoms with Gasteiger partial charge in [0.05, 0.1) is 35.3 Å². The first-order valence-corrected chi connectivity index (χ1v) is 12.0. The van der Waals surface area contributed by atoms with E-state index in [0.717, 1.165) is 58.1 Å². The van der Waals surface area contributed by atoms with Crippen molar-refractivity contribution in [1.82, 2.24) is 24.1 Å². The van der Waals surface area contributed by atoms with E-state index in [-0.39, 0.29) is 30.7 Å². The molecule has 0 saturated carbocycles. The number of rotatable bonds is 5. The van der Waals surface area contributed by atoms with Gasteiger partial charge in [-0.3, -0.25) is 18.9 Å². The summed E-state index contributed by atoms with van der Waals surface area (Å²) in [6.07, 6.45) is 6.01. The molecule has 192 valence electrons. The minimum absolute atomic E-state index is 0. The molecule has 10 heteroatoms. The Bertz CT molecular complexity index is 1570. The molecule has 5 aromatic rings. The highest BCUT2D eigenvalue weighted by Gasteiger charge is 2.18. The van der Waals surface area contributed by atoms with Crippen LogP contribution in [0.4, 0.5) is 11.4 Å². The van der Waals surface area contributed by atoms with Gasteiger partial charge in [-0.1, -0.05) is 12.1 Å². The standard InChI is InChI=1S/C27H27N7O.2ClH/c1-18-7-5-8-20(29-18)17-34-23-10-6-9-22(26(23)19(2)31-34)30-27(35)24-16-28-25-15-21(11-14-33(24)25)32-12-3-4-13-32;;/h5-11,14-16H,3-4,12-13,17H2,1-2H3,(H,30,35);2*1H. The Labute approximate surface area is 227 Å². The Morgan fingerprint density at radius 1 is 1.03 bits per heavy atom. The van der Waals surface area contributed by atoms with Gasteiger partial charge in [0.2, 0.25) is 0 Å². The van der Waals surface area contributed by atoms with Gasteiger partial charge in [-0.25, -0.2) is 4.98 Å². The van der Waals surface area contributed by atoms with Crippen LogP contribution in [-0.4, -0.2) is 43.1 Å². The van der Waals surface area contributed by atoms with E-state index in [1.54, 1.807) is 6.20 Å². The van der Waals surface area contributed by atoms with Crippen LogP contribution >= 0.6 is 24.8 Å². The summed E-state index contributed by atoms with van der Waals surface area (Å²) >= 11 is 0. The molecule has 0 atom stereocenters. The second-order valence-electron chi connectivity index (χ2n) is 9.12. The number of nitrogens with zero attached hydrogens (tertiary/aromatic N) is 6. The average Bonchev–Trinajstić information content (AvgIpc) is 3.59. The van der Waals surface area contributed by atoms with Crippen LogP contribution in [0.5, 0.6) is 0 Å². The van der Waals surface area contributed by atoms with Crippen LogP contribution in [0.3, 0.4) is 0 Å². The smallest absolute Gasteiger partial charge is 0.274 e. The zero-order chi connectivity index (χ0) is 23.9. The maximum absolute atomic E-state index is 13.3. The van der Waals surface area contributed by atoms with E-state index < -0.39 is 0 Å². The summed E-state index contributed by atoms with van der Waals surface area (Å²) in [5.41, 5.74) is 6.90. The molecular formula is C27H29Cl2N7O. The van der Waals surface area contributed by atoms with Crippen molar-refractivity contribution in [2.45, 2.75) is 33.2 Å². The zero-order valence-corrected chi connectivity index (χ0v) is 22.4. The Balaban J connectivity index is 0.00000160. The lowest BCUT2D eigenvalue weighted by Crippen LogP contribution is -2.18. The highest BCUT2D eigenvalue weighted by atomic mass is 35.5. The van der Waals surface area contributed by atoms with E-state index in [9.17, 15) is 4.79 Å². The lowest BCUT2D eigenvalue weighted by molar-refractivity contribution is 0.102. The molecule has 8 nitrogen and oxygen atoms in total. The lowest BCUT2D eigenvalue weighted by Gasteiger charge is -2.17. The summed E-state index contributed by atoms with van der Waals surface area (Å²) in [5.74, 6) is -0.202. The van der Waals surface area contributed by atoms with Crippen LogP contribution in [0, 0.1) is 13.8 Å². The van der Waals surface area contributed by atoms with Crippen molar-refractivity contribution >= 4 is 58.6 Å². The number of pyridine rings is 2. The number of carbonyl (C=O) groups is 1. The molecule has 0 spiro atoms. The van der Waals surface area contributed by atoms with E-state index in [1.807, 2.05) is 65.5 Å². The molecule has 0 aliphatic carbocycles. The number of amides is 1. The molecule has 0 bridgehead atoms. The average molecular weight is 538 g/mol. The second kappa shape index (κ2) is 10.8. The fourth-order valence-corrected chi connectivity index (χ4v) is 4.98. The third-order valence-corrected chi connectivity index (χ3v) is 6.66. The van der Waals surface area contributed by atoms with Gasteiger partial charge in [-0.05, 0) is 57.0 Å².